The van der Waals surface area contributed by atoms with Crippen molar-refractivity contribution in [3.05, 3.63) is 440 Å². The van der Waals surface area contributed by atoms with E-state index < -0.39 is 0 Å². The van der Waals surface area contributed by atoms with Gasteiger partial charge in [-0.15, -0.1) is 22.7 Å². The predicted octanol–water partition coefficient (Wildman–Crippen LogP) is 33.2. The van der Waals surface area contributed by atoms with Crippen LogP contribution in [0.4, 0.5) is 0 Å². The molecule has 20 aromatic carbocycles. The van der Waals surface area contributed by atoms with Crippen LogP contribution in [-0.4, -0.2) is 4.57 Å². The molecule has 24 rings (SSSR count). The highest BCUT2D eigenvalue weighted by molar-refractivity contribution is 9.10. The quantitative estimate of drug-likeness (QED) is 0.127. The van der Waals surface area contributed by atoms with Crippen molar-refractivity contribution < 1.29 is 0 Å². The molecule has 0 saturated carbocycles. The van der Waals surface area contributed by atoms with E-state index in [1.165, 1.54) is 217 Å². The van der Waals surface area contributed by atoms with Gasteiger partial charge in [-0.05, 0) is 234 Å². The molecule has 0 N–H and O–H groups in total. The molecular formula is C113H72BrNS2. The molecule has 0 atom stereocenters. The van der Waals surface area contributed by atoms with E-state index in [1.807, 2.05) is 22.7 Å². The topological polar surface area (TPSA) is 4.93 Å². The van der Waals surface area contributed by atoms with Crippen LogP contribution in [-0.2, 0) is 6.42 Å². The van der Waals surface area contributed by atoms with Crippen LogP contribution in [0.15, 0.2) is 429 Å². The summed E-state index contributed by atoms with van der Waals surface area (Å²) in [5, 5.41) is 18.1. The van der Waals surface area contributed by atoms with Gasteiger partial charge in [-0.25, -0.2) is 0 Å². The van der Waals surface area contributed by atoms with Crippen LogP contribution in [0.25, 0.3) is 211 Å². The van der Waals surface area contributed by atoms with Crippen LogP contribution >= 0.6 is 38.6 Å². The Balaban J connectivity index is 0.000000118. The third kappa shape index (κ3) is 12.3. The van der Waals surface area contributed by atoms with Gasteiger partial charge < -0.3 is 4.57 Å². The second-order valence-electron chi connectivity index (χ2n) is 30.5. The third-order valence-corrected chi connectivity index (χ3v) is 26.7. The molecule has 0 aliphatic heterocycles. The Morgan fingerprint density at radius 2 is 0.547 bits per heavy atom. The third-order valence-electron chi connectivity index (χ3n) is 23.8. The average Bonchev–Trinajstić information content (AvgIpc) is 1.69. The molecule has 3 heterocycles. The molecule has 1 nitrogen and oxygen atoms in total. The molecule has 0 bridgehead atoms. The normalized spacial score (nSPS) is 11.8. The summed E-state index contributed by atoms with van der Waals surface area (Å²) in [6.07, 6.45) is 1.05. The van der Waals surface area contributed by atoms with Crippen LogP contribution in [0.5, 0.6) is 0 Å². The lowest BCUT2D eigenvalue weighted by atomic mass is 9.85. The molecule has 1 aliphatic carbocycles. The number of aromatic nitrogens is 1. The fourth-order valence-corrected chi connectivity index (χ4v) is 21.4. The Hall–Kier alpha value is -13.8. The molecule has 0 saturated heterocycles. The van der Waals surface area contributed by atoms with Crippen LogP contribution in [0.3, 0.4) is 0 Å². The Kier molecular flexibility index (Phi) is 17.6. The molecule has 3 aromatic heterocycles. The molecule has 117 heavy (non-hydrogen) atoms. The monoisotopic (exact) mass is 1590 g/mol. The standard InChI is InChI=1S/C56H35NS.C32H21Br.C25H16S/c1-3-15-36(16-4-1)54-45-23-7-8-24-46(45)55(37-17-5-2-6-18-37)50-34-39(29-31-47(50)54)38-19-13-20-41(33-38)57-51-27-11-9-21-43(51)49-35-40(30-32-52(49)57)42-25-14-26-48-44-22-10-12-28-53(44)58-56(42)48;33-26-15-9-14-24(20-26)25-18-19-29-30(21-25)32(23-12-5-2-6-13-23)28-17-8-7-16-27(28)31(29)22-10-3-1-4-11-22;1-2-7-19-16(6-1)14-17-12-13-18(15-23(17)19)20-9-5-10-22-21-8-3-4-11-24(21)26-25(20)22/h1-35H;1-21H;1-13,15H,14H2. The van der Waals surface area contributed by atoms with Crippen LogP contribution < -0.4 is 0 Å². The van der Waals surface area contributed by atoms with Gasteiger partial charge >= 0.3 is 0 Å². The summed E-state index contributed by atoms with van der Waals surface area (Å²) in [6, 6.07) is 155. The van der Waals surface area contributed by atoms with Crippen molar-refractivity contribution in [1.82, 2.24) is 4.57 Å². The molecule has 1 aliphatic rings. The average molecular weight is 1590 g/mol. The van der Waals surface area contributed by atoms with E-state index in [2.05, 4.69) is 445 Å². The SMILES string of the molecule is Brc1cccc(-c2ccc3c(-c4ccccc4)c4ccccc4c(-c4ccccc4)c3c2)c1.c1ccc(-c2c3ccccc3c(-c3ccccc3)c3cc(-c4cccc(-n5c6ccccc6c6cc(-c7cccc8c7sc7ccccc78)ccc65)c4)ccc23)cc1.c1ccc2c(c1)Cc1ccc(-c3cccc4c3sc3ccccc34)cc1-2. The summed E-state index contributed by atoms with van der Waals surface area (Å²) in [6.45, 7) is 0. The maximum Gasteiger partial charge on any atom is 0.0541 e. The maximum absolute atomic E-state index is 3.64. The summed E-state index contributed by atoms with van der Waals surface area (Å²) in [7, 11) is 0. The van der Waals surface area contributed by atoms with E-state index in [9.17, 15) is 0 Å². The van der Waals surface area contributed by atoms with Crippen molar-refractivity contribution in [1.29, 1.82) is 0 Å². The molecule has 0 fully saturated rings. The number of nitrogens with zero attached hydrogens (tertiary/aromatic N) is 1. The summed E-state index contributed by atoms with van der Waals surface area (Å²) in [4.78, 5) is 0. The van der Waals surface area contributed by atoms with Gasteiger partial charge in [-0.1, -0.05) is 368 Å². The number of fused-ring (bicyclic) bond motifs is 16. The predicted molar refractivity (Wildman–Crippen MR) is 509 cm³/mol. The molecular weight excluding hydrogens is 1520 g/mol. The first-order valence-electron chi connectivity index (χ1n) is 40.1. The highest BCUT2D eigenvalue weighted by atomic mass is 79.9. The van der Waals surface area contributed by atoms with Crippen molar-refractivity contribution in [2.45, 2.75) is 6.42 Å². The van der Waals surface area contributed by atoms with Gasteiger partial charge in [0.25, 0.3) is 0 Å². The first kappa shape index (κ1) is 69.8. The van der Waals surface area contributed by atoms with E-state index in [-0.39, 0.29) is 0 Å². The van der Waals surface area contributed by atoms with Crippen molar-refractivity contribution in [2.75, 3.05) is 0 Å². The Bertz CT molecular complexity index is 7850. The van der Waals surface area contributed by atoms with E-state index in [4.69, 9.17) is 0 Å². The first-order valence-corrected chi connectivity index (χ1v) is 42.5. The number of thiophene rings is 2. The van der Waals surface area contributed by atoms with Gasteiger partial charge in [-0.3, -0.25) is 0 Å². The van der Waals surface area contributed by atoms with Gasteiger partial charge in [0.15, 0.2) is 0 Å². The van der Waals surface area contributed by atoms with Gasteiger partial charge in [0.2, 0.25) is 0 Å². The first-order chi connectivity index (χ1) is 58.0. The maximum atomic E-state index is 3.64. The summed E-state index contributed by atoms with van der Waals surface area (Å²) in [5.74, 6) is 0. The van der Waals surface area contributed by atoms with Gasteiger partial charge in [0.1, 0.15) is 0 Å². The van der Waals surface area contributed by atoms with Crippen molar-refractivity contribution in [2.24, 2.45) is 0 Å². The fourth-order valence-electron chi connectivity index (χ4n) is 18.5. The number of benzene rings is 20. The summed E-state index contributed by atoms with van der Waals surface area (Å²) < 4.78 is 8.95. The van der Waals surface area contributed by atoms with Crippen molar-refractivity contribution in [3.63, 3.8) is 0 Å². The van der Waals surface area contributed by atoms with Gasteiger partial charge in [0.05, 0.1) is 11.0 Å². The second-order valence-corrected chi connectivity index (χ2v) is 33.5. The van der Waals surface area contributed by atoms with Crippen molar-refractivity contribution >= 4 is 144 Å². The summed E-state index contributed by atoms with van der Waals surface area (Å²) >= 11 is 7.43. The Morgan fingerprint density at radius 3 is 1.08 bits per heavy atom. The summed E-state index contributed by atoms with van der Waals surface area (Å²) in [5.41, 5.74) is 29.3. The largest absolute Gasteiger partial charge is 0.309 e. The second kappa shape index (κ2) is 29.5. The molecule has 0 amide bonds. The van der Waals surface area contributed by atoms with E-state index in [0.717, 1.165) is 16.6 Å². The zero-order chi connectivity index (χ0) is 77.4. The number of para-hydroxylation sites is 1. The number of hydrogen-bond acceptors (Lipinski definition) is 2. The Morgan fingerprint density at radius 1 is 0.197 bits per heavy atom. The fraction of sp³-hybridized carbons (Fsp3) is 0.00885. The molecule has 23 aromatic rings. The number of rotatable bonds is 9. The van der Waals surface area contributed by atoms with E-state index in [0.29, 0.717) is 0 Å². The van der Waals surface area contributed by atoms with Crippen molar-refractivity contribution in [3.8, 4) is 106 Å². The highest BCUT2D eigenvalue weighted by Crippen LogP contribution is 2.50. The Labute approximate surface area is 695 Å². The zero-order valence-electron chi connectivity index (χ0n) is 63.8. The zero-order valence-corrected chi connectivity index (χ0v) is 67.0. The van der Waals surface area contributed by atoms with Crippen LogP contribution in [0, 0.1) is 0 Å². The number of hydrogen-bond donors (Lipinski definition) is 0. The molecule has 0 spiro atoms. The number of halogens is 1. The molecule has 0 radical (unpaired) electrons. The molecule has 4 heteroatoms. The van der Waals surface area contributed by atoms with Gasteiger partial charge in [-0.2, -0.15) is 0 Å². The lowest BCUT2D eigenvalue weighted by molar-refractivity contribution is 1.18. The lowest BCUT2D eigenvalue weighted by Crippen LogP contribution is -1.95. The van der Waals surface area contributed by atoms with Crippen LogP contribution in [0.1, 0.15) is 11.1 Å². The molecule has 548 valence electrons. The minimum atomic E-state index is 1.05. The molecule has 0 unspecified atom stereocenters. The smallest absolute Gasteiger partial charge is 0.0541 e. The van der Waals surface area contributed by atoms with Gasteiger partial charge in [0, 0.05) is 61.3 Å². The van der Waals surface area contributed by atoms with Crippen LogP contribution in [0.2, 0.25) is 0 Å². The minimum absolute atomic E-state index is 1.05. The van der Waals surface area contributed by atoms with E-state index >= 15 is 0 Å². The minimum Gasteiger partial charge on any atom is -0.309 e. The lowest BCUT2D eigenvalue weighted by Gasteiger charge is -2.19. The van der Waals surface area contributed by atoms with E-state index in [1.54, 1.807) is 0 Å². The highest BCUT2D eigenvalue weighted by Gasteiger charge is 2.24.